The number of aromatic nitrogens is 2. The Balaban J connectivity index is 1.88. The van der Waals surface area contributed by atoms with Gasteiger partial charge in [-0.2, -0.15) is 0 Å². The molecule has 0 aliphatic rings. The van der Waals surface area contributed by atoms with Gasteiger partial charge in [0, 0.05) is 23.6 Å². The number of carbonyl (C=O) groups is 1. The molecular weight excluding hydrogens is 290 g/mol. The maximum atomic E-state index is 12.6. The normalized spacial score (nSPS) is 10.1. The molecule has 0 radical (unpaired) electrons. The van der Waals surface area contributed by atoms with Crippen LogP contribution in [0, 0.1) is 0 Å². The van der Waals surface area contributed by atoms with Gasteiger partial charge in [-0.3, -0.25) is 4.79 Å². The monoisotopic (exact) mass is 305 g/mol. The summed E-state index contributed by atoms with van der Waals surface area (Å²) in [5, 5.41) is 2.87. The molecule has 114 valence electrons. The van der Waals surface area contributed by atoms with Crippen molar-refractivity contribution in [3.63, 3.8) is 0 Å². The molecule has 0 saturated carbocycles. The van der Waals surface area contributed by atoms with Crippen LogP contribution in [-0.2, 0) is 0 Å². The van der Waals surface area contributed by atoms with Gasteiger partial charge >= 0.3 is 0 Å². The Hall–Kier alpha value is -3.21. The molecule has 0 bridgehead atoms. The third-order valence-electron chi connectivity index (χ3n) is 3.33. The predicted molar refractivity (Wildman–Crippen MR) is 88.4 cm³/mol. The van der Waals surface area contributed by atoms with E-state index in [1.54, 1.807) is 55.9 Å². The minimum absolute atomic E-state index is 0.210. The van der Waals surface area contributed by atoms with Crippen molar-refractivity contribution in [2.45, 2.75) is 0 Å². The first kappa shape index (κ1) is 14.7. The van der Waals surface area contributed by atoms with Crippen molar-refractivity contribution in [2.75, 3.05) is 12.4 Å². The molecule has 5 nitrogen and oxygen atoms in total. The number of rotatable bonds is 4. The van der Waals surface area contributed by atoms with E-state index in [0.29, 0.717) is 22.6 Å². The van der Waals surface area contributed by atoms with Crippen LogP contribution >= 0.6 is 0 Å². The third-order valence-corrected chi connectivity index (χ3v) is 3.33. The highest BCUT2D eigenvalue weighted by Gasteiger charge is 2.14. The van der Waals surface area contributed by atoms with E-state index >= 15 is 0 Å². The lowest BCUT2D eigenvalue weighted by Crippen LogP contribution is -2.13. The maximum absolute atomic E-state index is 12.6. The van der Waals surface area contributed by atoms with Gasteiger partial charge in [0.05, 0.1) is 12.7 Å². The Morgan fingerprint density at radius 1 is 0.957 bits per heavy atom. The zero-order chi connectivity index (χ0) is 16.1. The van der Waals surface area contributed by atoms with Crippen molar-refractivity contribution in [1.82, 2.24) is 9.97 Å². The number of amides is 1. The van der Waals surface area contributed by atoms with Crippen LogP contribution in [0.3, 0.4) is 0 Å². The van der Waals surface area contributed by atoms with Crippen molar-refractivity contribution in [2.24, 2.45) is 0 Å². The lowest BCUT2D eigenvalue weighted by atomic mass is 10.1. The first-order valence-electron chi connectivity index (χ1n) is 7.10. The SMILES string of the molecule is COc1ccc(NC(=O)c2ccccc2-c2ncccn2)cc1. The van der Waals surface area contributed by atoms with Gasteiger partial charge in [-0.1, -0.05) is 18.2 Å². The molecule has 3 rings (SSSR count). The van der Waals surface area contributed by atoms with Crippen LogP contribution in [0.1, 0.15) is 10.4 Å². The Kier molecular flexibility index (Phi) is 4.29. The molecule has 23 heavy (non-hydrogen) atoms. The topological polar surface area (TPSA) is 64.1 Å². The van der Waals surface area contributed by atoms with Crippen LogP contribution in [-0.4, -0.2) is 23.0 Å². The maximum Gasteiger partial charge on any atom is 0.256 e. The number of nitrogens with one attached hydrogen (secondary N) is 1. The smallest absolute Gasteiger partial charge is 0.256 e. The number of methoxy groups -OCH3 is 1. The van der Waals surface area contributed by atoms with Gasteiger partial charge in [0.25, 0.3) is 5.91 Å². The van der Waals surface area contributed by atoms with Gasteiger partial charge in [-0.25, -0.2) is 9.97 Å². The zero-order valence-electron chi connectivity index (χ0n) is 12.6. The highest BCUT2D eigenvalue weighted by Crippen LogP contribution is 2.21. The summed E-state index contributed by atoms with van der Waals surface area (Å²) in [6.07, 6.45) is 3.31. The van der Waals surface area contributed by atoms with E-state index in [1.165, 1.54) is 0 Å². The van der Waals surface area contributed by atoms with E-state index < -0.39 is 0 Å². The van der Waals surface area contributed by atoms with Crippen molar-refractivity contribution in [3.8, 4) is 17.1 Å². The number of benzene rings is 2. The minimum atomic E-state index is -0.210. The van der Waals surface area contributed by atoms with Crippen LogP contribution in [0.25, 0.3) is 11.4 Å². The summed E-state index contributed by atoms with van der Waals surface area (Å²) >= 11 is 0. The van der Waals surface area contributed by atoms with Gasteiger partial charge in [-0.05, 0) is 36.4 Å². The second-order valence-corrected chi connectivity index (χ2v) is 4.80. The summed E-state index contributed by atoms with van der Waals surface area (Å²) in [7, 11) is 1.60. The van der Waals surface area contributed by atoms with Crippen molar-refractivity contribution >= 4 is 11.6 Å². The average Bonchev–Trinajstić information content (AvgIpc) is 2.63. The fraction of sp³-hybridized carbons (Fsp3) is 0.0556. The second kappa shape index (κ2) is 6.70. The molecule has 0 atom stereocenters. The summed E-state index contributed by atoms with van der Waals surface area (Å²) in [5.74, 6) is 1.05. The summed E-state index contributed by atoms with van der Waals surface area (Å²) in [6.45, 7) is 0. The highest BCUT2D eigenvalue weighted by molar-refractivity contribution is 6.08. The Morgan fingerprint density at radius 2 is 1.65 bits per heavy atom. The molecule has 0 unspecified atom stereocenters. The first-order chi connectivity index (χ1) is 11.3. The molecule has 0 aliphatic carbocycles. The van der Waals surface area contributed by atoms with E-state index in [-0.39, 0.29) is 5.91 Å². The number of hydrogen-bond acceptors (Lipinski definition) is 4. The summed E-state index contributed by atoms with van der Waals surface area (Å²) in [5.41, 5.74) is 1.91. The van der Waals surface area contributed by atoms with Gasteiger partial charge in [0.15, 0.2) is 5.82 Å². The molecule has 1 heterocycles. The molecule has 5 heteroatoms. The molecule has 1 amide bonds. The van der Waals surface area contributed by atoms with Crippen LogP contribution in [0.4, 0.5) is 5.69 Å². The van der Waals surface area contributed by atoms with E-state index in [2.05, 4.69) is 15.3 Å². The quantitative estimate of drug-likeness (QED) is 0.802. The van der Waals surface area contributed by atoms with Gasteiger partial charge in [-0.15, -0.1) is 0 Å². The molecule has 0 spiro atoms. The van der Waals surface area contributed by atoms with Crippen molar-refractivity contribution in [1.29, 1.82) is 0 Å². The average molecular weight is 305 g/mol. The summed E-state index contributed by atoms with van der Waals surface area (Å²) in [6, 6.07) is 16.2. The predicted octanol–water partition coefficient (Wildman–Crippen LogP) is 3.40. The Labute approximate surface area is 134 Å². The fourth-order valence-corrected chi connectivity index (χ4v) is 2.19. The standard InChI is InChI=1S/C18H15N3O2/c1-23-14-9-7-13(8-10-14)21-18(22)16-6-3-2-5-15(16)17-19-11-4-12-20-17/h2-12H,1H3,(H,21,22). The minimum Gasteiger partial charge on any atom is -0.497 e. The number of hydrogen-bond donors (Lipinski definition) is 1. The second-order valence-electron chi connectivity index (χ2n) is 4.80. The molecule has 1 aromatic heterocycles. The number of anilines is 1. The molecule has 1 N–H and O–H groups in total. The van der Waals surface area contributed by atoms with Gasteiger partial charge in [0.2, 0.25) is 0 Å². The van der Waals surface area contributed by atoms with E-state index in [1.807, 2.05) is 18.2 Å². The highest BCUT2D eigenvalue weighted by atomic mass is 16.5. The number of nitrogens with zero attached hydrogens (tertiary/aromatic N) is 2. The van der Waals surface area contributed by atoms with Crippen LogP contribution in [0.5, 0.6) is 5.75 Å². The molecular formula is C18H15N3O2. The number of carbonyl (C=O) groups excluding carboxylic acids is 1. The lowest BCUT2D eigenvalue weighted by molar-refractivity contribution is 0.102. The van der Waals surface area contributed by atoms with Gasteiger partial charge in [0.1, 0.15) is 5.75 Å². The van der Waals surface area contributed by atoms with E-state index in [9.17, 15) is 4.79 Å². The Bertz CT molecular complexity index is 802. The third kappa shape index (κ3) is 3.35. The summed E-state index contributed by atoms with van der Waals surface area (Å²) in [4.78, 5) is 21.0. The van der Waals surface area contributed by atoms with Crippen molar-refractivity contribution < 1.29 is 9.53 Å². The summed E-state index contributed by atoms with van der Waals surface area (Å²) < 4.78 is 5.11. The Morgan fingerprint density at radius 3 is 2.35 bits per heavy atom. The van der Waals surface area contributed by atoms with Crippen molar-refractivity contribution in [3.05, 3.63) is 72.6 Å². The van der Waals surface area contributed by atoms with E-state index in [4.69, 9.17) is 4.74 Å². The molecule has 2 aromatic carbocycles. The number of ether oxygens (including phenoxy) is 1. The largest absolute Gasteiger partial charge is 0.497 e. The molecule has 0 aliphatic heterocycles. The molecule has 3 aromatic rings. The van der Waals surface area contributed by atoms with Gasteiger partial charge < -0.3 is 10.1 Å². The molecule has 0 saturated heterocycles. The first-order valence-corrected chi connectivity index (χ1v) is 7.10. The van der Waals surface area contributed by atoms with E-state index in [0.717, 1.165) is 5.75 Å². The van der Waals surface area contributed by atoms with Crippen LogP contribution in [0.2, 0.25) is 0 Å². The molecule has 0 fully saturated rings. The zero-order valence-corrected chi connectivity index (χ0v) is 12.6. The van der Waals surface area contributed by atoms with Crippen LogP contribution < -0.4 is 10.1 Å². The fourth-order valence-electron chi connectivity index (χ4n) is 2.19. The van der Waals surface area contributed by atoms with Crippen LogP contribution in [0.15, 0.2) is 67.0 Å². The lowest BCUT2D eigenvalue weighted by Gasteiger charge is -2.09.